The number of carbonyl (C=O) groups is 1. The zero-order valence-electron chi connectivity index (χ0n) is 13.0. The summed E-state index contributed by atoms with van der Waals surface area (Å²) < 4.78 is 10.7. The van der Waals surface area contributed by atoms with Crippen LogP contribution in [0.3, 0.4) is 0 Å². The van der Waals surface area contributed by atoms with Crippen molar-refractivity contribution in [2.75, 3.05) is 19.5 Å². The van der Waals surface area contributed by atoms with Crippen LogP contribution in [0.15, 0.2) is 30.6 Å². The average Bonchev–Trinajstić information content (AvgIpc) is 2.56. The highest BCUT2D eigenvalue weighted by molar-refractivity contribution is 6.39. The number of methoxy groups -OCH3 is 2. The summed E-state index contributed by atoms with van der Waals surface area (Å²) in [5.41, 5.74) is 2.68. The fraction of sp³-hybridized carbons (Fsp3) is 0.176. The number of rotatable bonds is 4. The minimum atomic E-state index is -0.0575. The van der Waals surface area contributed by atoms with Crippen LogP contribution >= 0.6 is 23.2 Å². The zero-order chi connectivity index (χ0) is 17.3. The molecule has 1 aliphatic carbocycles. The van der Waals surface area contributed by atoms with E-state index < -0.39 is 0 Å². The van der Waals surface area contributed by atoms with Gasteiger partial charge in [-0.15, -0.1) is 0 Å². The van der Waals surface area contributed by atoms with Crippen molar-refractivity contribution in [1.82, 2.24) is 4.98 Å². The largest absolute Gasteiger partial charge is 0.493 e. The number of hydrogen-bond acceptors (Lipinski definition) is 5. The van der Waals surface area contributed by atoms with Gasteiger partial charge in [0.25, 0.3) is 0 Å². The first-order valence-electron chi connectivity index (χ1n) is 7.10. The van der Waals surface area contributed by atoms with Gasteiger partial charge < -0.3 is 14.8 Å². The number of pyridine rings is 1. The summed E-state index contributed by atoms with van der Waals surface area (Å²) in [6, 6.07) is 3.66. The second kappa shape index (κ2) is 6.71. The molecule has 124 valence electrons. The third-order valence-corrected chi connectivity index (χ3v) is 4.28. The fourth-order valence-electron chi connectivity index (χ4n) is 2.65. The normalized spacial score (nSPS) is 13.2. The highest BCUT2D eigenvalue weighted by Crippen LogP contribution is 2.40. The Kier molecular flexibility index (Phi) is 4.64. The first-order chi connectivity index (χ1) is 11.5. The van der Waals surface area contributed by atoms with Crippen LogP contribution in [-0.2, 0) is 11.2 Å². The number of anilines is 1. The highest BCUT2D eigenvalue weighted by atomic mass is 35.5. The minimum Gasteiger partial charge on any atom is -0.493 e. The number of nitrogens with one attached hydrogen (secondary N) is 1. The number of ketones is 1. The number of ether oxygens (including phenoxy) is 2. The minimum absolute atomic E-state index is 0.0575. The summed E-state index contributed by atoms with van der Waals surface area (Å²) in [4.78, 5) is 16.1. The molecule has 3 rings (SSSR count). The van der Waals surface area contributed by atoms with E-state index in [0.29, 0.717) is 32.9 Å². The zero-order valence-corrected chi connectivity index (χ0v) is 14.5. The molecule has 2 aromatic rings. The molecule has 5 nitrogen and oxygen atoms in total. The van der Waals surface area contributed by atoms with Gasteiger partial charge >= 0.3 is 0 Å². The smallest absolute Gasteiger partial charge is 0.165 e. The molecule has 0 radical (unpaired) electrons. The molecular formula is C17H14Cl2N2O3. The molecule has 0 spiro atoms. The van der Waals surface area contributed by atoms with Crippen LogP contribution in [0, 0.1) is 0 Å². The molecule has 1 aromatic heterocycles. The van der Waals surface area contributed by atoms with Crippen LogP contribution in [0.25, 0.3) is 5.70 Å². The molecule has 0 saturated carbocycles. The Labute approximate surface area is 149 Å². The lowest BCUT2D eigenvalue weighted by atomic mass is 9.92. The number of benzene rings is 1. The third kappa shape index (κ3) is 2.92. The van der Waals surface area contributed by atoms with Gasteiger partial charge in [0.1, 0.15) is 0 Å². The van der Waals surface area contributed by atoms with E-state index in [2.05, 4.69) is 10.3 Å². The Balaban J connectivity index is 2.10. The van der Waals surface area contributed by atoms with E-state index in [-0.39, 0.29) is 12.2 Å². The molecule has 1 heterocycles. The summed E-state index contributed by atoms with van der Waals surface area (Å²) in [6.07, 6.45) is 4.73. The molecule has 24 heavy (non-hydrogen) atoms. The van der Waals surface area contributed by atoms with Gasteiger partial charge in [0.2, 0.25) is 0 Å². The predicted molar refractivity (Wildman–Crippen MR) is 94.1 cm³/mol. The van der Waals surface area contributed by atoms with Gasteiger partial charge in [0, 0.05) is 41.7 Å². The van der Waals surface area contributed by atoms with Gasteiger partial charge in [-0.2, -0.15) is 0 Å². The number of nitrogens with zero attached hydrogens (tertiary/aromatic N) is 1. The molecule has 0 bridgehead atoms. The van der Waals surface area contributed by atoms with E-state index in [0.717, 1.165) is 11.1 Å². The van der Waals surface area contributed by atoms with Crippen molar-refractivity contribution < 1.29 is 14.3 Å². The van der Waals surface area contributed by atoms with E-state index >= 15 is 0 Å². The summed E-state index contributed by atoms with van der Waals surface area (Å²) in [5.74, 6) is 1.06. The second-order valence-electron chi connectivity index (χ2n) is 5.13. The van der Waals surface area contributed by atoms with E-state index in [9.17, 15) is 4.79 Å². The summed E-state index contributed by atoms with van der Waals surface area (Å²) in [6.45, 7) is 0. The first kappa shape index (κ1) is 16.6. The second-order valence-corrected chi connectivity index (χ2v) is 5.95. The third-order valence-electron chi connectivity index (χ3n) is 3.71. The van der Waals surface area contributed by atoms with E-state index in [4.69, 9.17) is 32.7 Å². The van der Waals surface area contributed by atoms with Gasteiger partial charge in [-0.05, 0) is 12.1 Å². The number of carbonyl (C=O) groups excluding carboxylic acids is 1. The molecule has 1 aromatic carbocycles. The lowest BCUT2D eigenvalue weighted by Gasteiger charge is -2.22. The maximum absolute atomic E-state index is 12.2. The van der Waals surface area contributed by atoms with Crippen molar-refractivity contribution in [3.63, 3.8) is 0 Å². The van der Waals surface area contributed by atoms with Crippen molar-refractivity contribution in [1.29, 1.82) is 0 Å². The molecule has 0 unspecified atom stereocenters. The van der Waals surface area contributed by atoms with Crippen molar-refractivity contribution in [2.45, 2.75) is 6.42 Å². The van der Waals surface area contributed by atoms with Crippen LogP contribution in [-0.4, -0.2) is 25.0 Å². The first-order valence-corrected chi connectivity index (χ1v) is 7.85. The number of aromatic nitrogens is 1. The van der Waals surface area contributed by atoms with Crippen LogP contribution in [0.2, 0.25) is 10.0 Å². The molecule has 0 amide bonds. The van der Waals surface area contributed by atoms with Crippen molar-refractivity contribution in [3.8, 4) is 11.5 Å². The van der Waals surface area contributed by atoms with E-state index in [1.165, 1.54) is 18.5 Å². The molecule has 7 heteroatoms. The standard InChI is InChI=1S/C17H14Cl2N2O3/c1-23-15-4-3-10-11(17(15)24-2)5-9(22)6-14(10)21-16-12(18)7-20-8-13(16)19/h3-4,6-8H,5H2,1-2H3,(H,20,21). The van der Waals surface area contributed by atoms with Crippen molar-refractivity contribution >= 4 is 40.4 Å². The molecule has 0 saturated heterocycles. The van der Waals surface area contributed by atoms with Crippen LogP contribution in [0.4, 0.5) is 5.69 Å². The van der Waals surface area contributed by atoms with Gasteiger partial charge in [0.15, 0.2) is 17.3 Å². The Morgan fingerprint density at radius 3 is 2.46 bits per heavy atom. The molecule has 0 fully saturated rings. The summed E-state index contributed by atoms with van der Waals surface area (Å²) in [5, 5.41) is 3.86. The fourth-order valence-corrected chi connectivity index (χ4v) is 3.11. The highest BCUT2D eigenvalue weighted by Gasteiger charge is 2.24. The van der Waals surface area contributed by atoms with Gasteiger partial charge in [-0.25, -0.2) is 0 Å². The summed E-state index contributed by atoms with van der Waals surface area (Å²) >= 11 is 12.3. The maximum atomic E-state index is 12.2. The number of hydrogen-bond donors (Lipinski definition) is 1. The predicted octanol–water partition coefficient (Wildman–Crippen LogP) is 3.98. The molecule has 1 N–H and O–H groups in total. The Morgan fingerprint density at radius 1 is 1.12 bits per heavy atom. The Morgan fingerprint density at radius 2 is 1.83 bits per heavy atom. The SMILES string of the molecule is COc1ccc2c(c1OC)CC(=O)C=C2Nc1c(Cl)cncc1Cl. The molecular weight excluding hydrogens is 351 g/mol. The Hall–Kier alpha value is -2.24. The summed E-state index contributed by atoms with van der Waals surface area (Å²) in [7, 11) is 3.10. The van der Waals surface area contributed by atoms with Gasteiger partial charge in [-0.3, -0.25) is 9.78 Å². The topological polar surface area (TPSA) is 60.5 Å². The molecule has 1 aliphatic rings. The van der Waals surface area contributed by atoms with Crippen LogP contribution in [0.1, 0.15) is 11.1 Å². The van der Waals surface area contributed by atoms with Gasteiger partial charge in [-0.1, -0.05) is 23.2 Å². The van der Waals surface area contributed by atoms with Gasteiger partial charge in [0.05, 0.1) is 30.0 Å². The lowest BCUT2D eigenvalue weighted by Crippen LogP contribution is -2.15. The average molecular weight is 365 g/mol. The number of halogens is 2. The Bertz CT molecular complexity index is 830. The maximum Gasteiger partial charge on any atom is 0.165 e. The van der Waals surface area contributed by atoms with Crippen molar-refractivity contribution in [3.05, 3.63) is 51.8 Å². The van der Waals surface area contributed by atoms with Crippen LogP contribution < -0.4 is 14.8 Å². The van der Waals surface area contributed by atoms with E-state index in [1.807, 2.05) is 6.07 Å². The monoisotopic (exact) mass is 364 g/mol. The van der Waals surface area contributed by atoms with Crippen LogP contribution in [0.5, 0.6) is 11.5 Å². The van der Waals surface area contributed by atoms with E-state index in [1.54, 1.807) is 20.3 Å². The van der Waals surface area contributed by atoms with Crippen molar-refractivity contribution in [2.24, 2.45) is 0 Å². The molecule has 0 atom stereocenters. The number of allylic oxidation sites excluding steroid dienone is 1. The number of fused-ring (bicyclic) bond motifs is 1. The molecule has 0 aliphatic heterocycles. The quantitative estimate of drug-likeness (QED) is 0.888. The lowest BCUT2D eigenvalue weighted by molar-refractivity contribution is -0.114.